The van der Waals surface area contributed by atoms with Crippen molar-refractivity contribution in [3.05, 3.63) is 70.7 Å². The van der Waals surface area contributed by atoms with Crippen LogP contribution in [0.25, 0.3) is 22.4 Å². The molecule has 4 aromatic rings. The lowest BCUT2D eigenvalue weighted by Gasteiger charge is -2.26. The van der Waals surface area contributed by atoms with Gasteiger partial charge in [0.2, 0.25) is 5.91 Å². The van der Waals surface area contributed by atoms with Gasteiger partial charge in [-0.3, -0.25) is 4.79 Å². The second kappa shape index (κ2) is 9.25. The normalized spacial score (nSPS) is 14.6. The highest BCUT2D eigenvalue weighted by molar-refractivity contribution is 6.33. The van der Waals surface area contributed by atoms with Crippen molar-refractivity contribution < 1.29 is 9.53 Å². The van der Waals surface area contributed by atoms with Gasteiger partial charge in [-0.2, -0.15) is 4.98 Å². The third-order valence-corrected chi connectivity index (χ3v) is 7.32. The van der Waals surface area contributed by atoms with Gasteiger partial charge in [-0.25, -0.2) is 4.98 Å². The number of H-pyrrole nitrogens is 1. The molecule has 2 N–H and O–H groups in total. The highest BCUT2D eigenvalue weighted by Gasteiger charge is 2.42. The van der Waals surface area contributed by atoms with Crippen LogP contribution in [-0.4, -0.2) is 20.9 Å². The molecule has 1 amide bonds. The van der Waals surface area contributed by atoms with Gasteiger partial charge in [-0.15, -0.1) is 0 Å². The third-order valence-electron chi connectivity index (χ3n) is 7.04. The Kier molecular flexibility index (Phi) is 6.25. The summed E-state index contributed by atoms with van der Waals surface area (Å²) in [5, 5.41) is 3.51. The molecule has 1 saturated carbocycles. The molecule has 2 heterocycles. The molecular formula is C29H31ClN4O2. The van der Waals surface area contributed by atoms with E-state index in [0.29, 0.717) is 39.1 Å². The molecule has 1 fully saturated rings. The molecule has 7 heteroatoms. The molecule has 0 unspecified atom stereocenters. The Bertz CT molecular complexity index is 1400. The number of imidazole rings is 1. The molecule has 0 saturated heterocycles. The number of nitrogens with zero attached hydrogens (tertiary/aromatic N) is 2. The van der Waals surface area contributed by atoms with E-state index in [9.17, 15) is 4.79 Å². The van der Waals surface area contributed by atoms with Gasteiger partial charge >= 0.3 is 6.01 Å². The lowest BCUT2D eigenvalue weighted by atomic mass is 9.90. The second-order valence-corrected chi connectivity index (χ2v) is 10.7. The van der Waals surface area contributed by atoms with Crippen LogP contribution < -0.4 is 10.1 Å². The largest absolute Gasteiger partial charge is 0.426 e. The fraction of sp³-hybridized carbons (Fsp3) is 0.345. The van der Waals surface area contributed by atoms with E-state index < -0.39 is 5.54 Å². The monoisotopic (exact) mass is 502 g/mol. The van der Waals surface area contributed by atoms with Crippen molar-refractivity contribution >= 4 is 28.7 Å². The summed E-state index contributed by atoms with van der Waals surface area (Å²) in [6.07, 6.45) is 4.99. The Morgan fingerprint density at radius 2 is 1.81 bits per heavy atom. The van der Waals surface area contributed by atoms with Crippen LogP contribution in [0.15, 0.2) is 54.6 Å². The summed E-state index contributed by atoms with van der Waals surface area (Å²) in [5.74, 6) is 0.548. The SMILES string of the molecule is CCCC1(c2ccc(-c3nc4nc(Oc5ccc(C(C)(C)NC(C)=O)cc5)[nH]c4cc3Cl)cc2)CC1. The van der Waals surface area contributed by atoms with E-state index in [-0.39, 0.29) is 5.91 Å². The predicted octanol–water partition coefficient (Wildman–Crippen LogP) is 7.27. The molecule has 0 aliphatic heterocycles. The van der Waals surface area contributed by atoms with Gasteiger partial charge < -0.3 is 15.0 Å². The summed E-state index contributed by atoms with van der Waals surface area (Å²) in [7, 11) is 0. The van der Waals surface area contributed by atoms with Crippen LogP contribution in [0.4, 0.5) is 0 Å². The predicted molar refractivity (Wildman–Crippen MR) is 144 cm³/mol. The smallest absolute Gasteiger partial charge is 0.301 e. The van der Waals surface area contributed by atoms with Crippen molar-refractivity contribution in [3.8, 4) is 23.0 Å². The van der Waals surface area contributed by atoms with Crippen molar-refractivity contribution in [2.45, 2.75) is 64.3 Å². The van der Waals surface area contributed by atoms with Crippen molar-refractivity contribution in [2.75, 3.05) is 0 Å². The number of hydrogen-bond acceptors (Lipinski definition) is 4. The van der Waals surface area contributed by atoms with E-state index in [1.165, 1.54) is 38.2 Å². The summed E-state index contributed by atoms with van der Waals surface area (Å²) in [4.78, 5) is 23.9. The zero-order chi connectivity index (χ0) is 25.5. The van der Waals surface area contributed by atoms with Crippen LogP contribution in [0.3, 0.4) is 0 Å². The molecule has 1 aliphatic carbocycles. The van der Waals surface area contributed by atoms with Crippen LogP contribution >= 0.6 is 11.6 Å². The topological polar surface area (TPSA) is 79.9 Å². The minimum absolute atomic E-state index is 0.0765. The van der Waals surface area contributed by atoms with Crippen LogP contribution in [0.5, 0.6) is 11.8 Å². The summed E-state index contributed by atoms with van der Waals surface area (Å²) in [5.41, 5.74) is 5.21. The van der Waals surface area contributed by atoms with Gasteiger partial charge in [0.25, 0.3) is 0 Å². The Hall–Kier alpha value is -3.38. The Labute approximate surface area is 216 Å². The number of hydrogen-bond donors (Lipinski definition) is 2. The number of nitrogens with one attached hydrogen (secondary N) is 2. The first-order valence-electron chi connectivity index (χ1n) is 12.4. The second-order valence-electron chi connectivity index (χ2n) is 10.3. The fourth-order valence-corrected chi connectivity index (χ4v) is 5.26. The first-order chi connectivity index (χ1) is 17.2. The highest BCUT2D eigenvalue weighted by atomic mass is 35.5. The zero-order valence-corrected chi connectivity index (χ0v) is 21.9. The third kappa shape index (κ3) is 4.82. The minimum Gasteiger partial charge on any atom is -0.426 e. The number of fused-ring (bicyclic) bond motifs is 1. The number of rotatable bonds is 8. The zero-order valence-electron chi connectivity index (χ0n) is 21.1. The first-order valence-corrected chi connectivity index (χ1v) is 12.8. The molecule has 36 heavy (non-hydrogen) atoms. The number of benzene rings is 2. The van der Waals surface area contributed by atoms with Crippen LogP contribution in [0.2, 0.25) is 5.02 Å². The lowest BCUT2D eigenvalue weighted by Crippen LogP contribution is -2.39. The molecule has 2 aromatic carbocycles. The van der Waals surface area contributed by atoms with Crippen molar-refractivity contribution in [1.82, 2.24) is 20.3 Å². The maximum atomic E-state index is 11.5. The Morgan fingerprint density at radius 1 is 1.11 bits per heavy atom. The summed E-state index contributed by atoms with van der Waals surface area (Å²) in [6, 6.07) is 18.4. The molecule has 2 aromatic heterocycles. The molecular weight excluding hydrogens is 472 g/mol. The van der Waals surface area contributed by atoms with Crippen molar-refractivity contribution in [2.24, 2.45) is 0 Å². The first kappa shape index (κ1) is 24.3. The van der Waals surface area contributed by atoms with Gasteiger partial charge in [0, 0.05) is 12.5 Å². The maximum Gasteiger partial charge on any atom is 0.301 e. The fourth-order valence-electron chi connectivity index (χ4n) is 5.00. The van der Waals surface area contributed by atoms with E-state index in [0.717, 1.165) is 11.1 Å². The molecule has 0 bridgehead atoms. The molecule has 0 spiro atoms. The molecule has 5 rings (SSSR count). The minimum atomic E-state index is -0.478. The van der Waals surface area contributed by atoms with Gasteiger partial charge in [0.1, 0.15) is 5.75 Å². The van der Waals surface area contributed by atoms with E-state index in [1.54, 1.807) is 0 Å². The van der Waals surface area contributed by atoms with Crippen LogP contribution in [-0.2, 0) is 15.7 Å². The quantitative estimate of drug-likeness (QED) is 0.265. The summed E-state index contributed by atoms with van der Waals surface area (Å²) < 4.78 is 5.94. The number of aromatic nitrogens is 3. The number of aromatic amines is 1. The maximum absolute atomic E-state index is 11.5. The van der Waals surface area contributed by atoms with Gasteiger partial charge in [-0.1, -0.05) is 61.3 Å². The molecule has 186 valence electrons. The number of amides is 1. The molecule has 0 atom stereocenters. The summed E-state index contributed by atoms with van der Waals surface area (Å²) >= 11 is 6.61. The number of carbonyl (C=O) groups excluding carboxylic acids is 1. The van der Waals surface area contributed by atoms with E-state index in [1.807, 2.05) is 44.2 Å². The number of carbonyl (C=O) groups is 1. The number of ether oxygens (including phenoxy) is 1. The van der Waals surface area contributed by atoms with Gasteiger partial charge in [0.05, 0.1) is 21.8 Å². The van der Waals surface area contributed by atoms with Crippen LogP contribution in [0, 0.1) is 0 Å². The average Bonchev–Trinajstić information content (AvgIpc) is 3.51. The van der Waals surface area contributed by atoms with E-state index in [2.05, 4.69) is 46.5 Å². The average molecular weight is 503 g/mol. The number of halogens is 1. The standard InChI is InChI=1S/C29H31ClN4O2/c1-5-14-29(15-16-29)21-8-6-19(7-9-21)25-23(30)17-24-26(32-25)33-27(31-24)36-22-12-10-20(11-13-22)28(3,4)34-18(2)35/h6-13,17H,5,14-16H2,1-4H3,(H,34,35)(H,31,32,33). The van der Waals surface area contributed by atoms with E-state index in [4.69, 9.17) is 21.3 Å². The lowest BCUT2D eigenvalue weighted by molar-refractivity contribution is -0.120. The Morgan fingerprint density at radius 3 is 2.42 bits per heavy atom. The molecule has 1 aliphatic rings. The molecule has 6 nitrogen and oxygen atoms in total. The highest BCUT2D eigenvalue weighted by Crippen LogP contribution is 2.52. The van der Waals surface area contributed by atoms with Crippen molar-refractivity contribution in [1.29, 1.82) is 0 Å². The Balaban J connectivity index is 1.35. The summed E-state index contributed by atoms with van der Waals surface area (Å²) in [6.45, 7) is 7.68. The van der Waals surface area contributed by atoms with Gasteiger partial charge in [0.15, 0.2) is 5.65 Å². The van der Waals surface area contributed by atoms with Crippen molar-refractivity contribution in [3.63, 3.8) is 0 Å². The van der Waals surface area contributed by atoms with E-state index >= 15 is 0 Å². The molecule has 0 radical (unpaired) electrons. The number of pyridine rings is 1. The van der Waals surface area contributed by atoms with Gasteiger partial charge in [-0.05, 0) is 67.9 Å². The van der Waals surface area contributed by atoms with Crippen LogP contribution in [0.1, 0.15) is 64.5 Å².